The Balaban J connectivity index is 2.21. The molecule has 0 aromatic heterocycles. The standard InChI is InChI=1S/C14H19Cl2NS/c1-14(2)5-6-17(7-8-18-14)13-4-3-12(16)9-11(13)10-15/h3-4,9H,5-8,10H2,1-2H3. The van der Waals surface area contributed by atoms with Gasteiger partial charge in [-0.1, -0.05) is 25.4 Å². The Labute approximate surface area is 124 Å². The molecule has 1 heterocycles. The monoisotopic (exact) mass is 303 g/mol. The van der Waals surface area contributed by atoms with E-state index in [1.165, 1.54) is 12.1 Å². The Hall–Kier alpha value is -0.0500. The largest absolute Gasteiger partial charge is 0.370 e. The molecule has 0 unspecified atom stereocenters. The maximum Gasteiger partial charge on any atom is 0.0495 e. The fourth-order valence-corrected chi connectivity index (χ4v) is 3.74. The highest BCUT2D eigenvalue weighted by Gasteiger charge is 2.24. The summed E-state index contributed by atoms with van der Waals surface area (Å²) in [7, 11) is 0. The SMILES string of the molecule is CC1(C)CCN(c2ccc(Cl)cc2CCl)CCS1. The zero-order valence-corrected chi connectivity index (χ0v) is 13.2. The first kappa shape index (κ1) is 14.4. The zero-order valence-electron chi connectivity index (χ0n) is 10.9. The van der Waals surface area contributed by atoms with Crippen LogP contribution in [0.5, 0.6) is 0 Å². The van der Waals surface area contributed by atoms with E-state index in [-0.39, 0.29) is 0 Å². The fourth-order valence-electron chi connectivity index (χ4n) is 2.23. The van der Waals surface area contributed by atoms with Crippen molar-refractivity contribution < 1.29 is 0 Å². The highest BCUT2D eigenvalue weighted by Crippen LogP contribution is 2.34. The zero-order chi connectivity index (χ0) is 13.2. The van der Waals surface area contributed by atoms with E-state index >= 15 is 0 Å². The van der Waals surface area contributed by atoms with Gasteiger partial charge in [-0.05, 0) is 30.2 Å². The normalized spacial score (nSPS) is 19.7. The van der Waals surface area contributed by atoms with E-state index < -0.39 is 0 Å². The van der Waals surface area contributed by atoms with Crippen LogP contribution < -0.4 is 4.90 Å². The second kappa shape index (κ2) is 5.94. The van der Waals surface area contributed by atoms with Gasteiger partial charge in [0.1, 0.15) is 0 Å². The molecule has 1 fully saturated rings. The molecule has 1 aliphatic heterocycles. The predicted octanol–water partition coefficient (Wildman–Crippen LogP) is 4.80. The molecule has 100 valence electrons. The molecule has 0 spiro atoms. The third kappa shape index (κ3) is 3.49. The van der Waals surface area contributed by atoms with E-state index in [1.54, 1.807) is 0 Å². The molecule has 0 N–H and O–H groups in total. The van der Waals surface area contributed by atoms with Crippen molar-refractivity contribution in [2.45, 2.75) is 30.9 Å². The van der Waals surface area contributed by atoms with Gasteiger partial charge in [0.15, 0.2) is 0 Å². The van der Waals surface area contributed by atoms with Crippen molar-refractivity contribution in [2.24, 2.45) is 0 Å². The van der Waals surface area contributed by atoms with E-state index in [0.717, 1.165) is 29.4 Å². The van der Waals surface area contributed by atoms with E-state index in [1.807, 2.05) is 12.1 Å². The van der Waals surface area contributed by atoms with Gasteiger partial charge in [-0.15, -0.1) is 11.6 Å². The van der Waals surface area contributed by atoms with E-state index in [9.17, 15) is 0 Å². The van der Waals surface area contributed by atoms with Gasteiger partial charge < -0.3 is 4.90 Å². The first-order valence-corrected chi connectivity index (χ1v) is 8.15. The van der Waals surface area contributed by atoms with E-state index in [0.29, 0.717) is 10.6 Å². The molecule has 0 aliphatic carbocycles. The van der Waals surface area contributed by atoms with Gasteiger partial charge in [0, 0.05) is 40.2 Å². The summed E-state index contributed by atoms with van der Waals surface area (Å²) in [5.41, 5.74) is 2.38. The number of benzene rings is 1. The highest BCUT2D eigenvalue weighted by atomic mass is 35.5. The van der Waals surface area contributed by atoms with Gasteiger partial charge >= 0.3 is 0 Å². The smallest absolute Gasteiger partial charge is 0.0495 e. The Morgan fingerprint density at radius 1 is 1.33 bits per heavy atom. The second-order valence-electron chi connectivity index (χ2n) is 5.25. The summed E-state index contributed by atoms with van der Waals surface area (Å²) >= 11 is 14.1. The maximum absolute atomic E-state index is 6.03. The van der Waals surface area contributed by atoms with Gasteiger partial charge in [-0.3, -0.25) is 0 Å². The quantitative estimate of drug-likeness (QED) is 0.722. The number of rotatable bonds is 2. The van der Waals surface area contributed by atoms with Gasteiger partial charge in [-0.2, -0.15) is 11.8 Å². The summed E-state index contributed by atoms with van der Waals surface area (Å²) < 4.78 is 0.377. The average molecular weight is 304 g/mol. The Bertz CT molecular complexity index is 420. The number of hydrogen-bond acceptors (Lipinski definition) is 2. The van der Waals surface area contributed by atoms with Gasteiger partial charge in [0.25, 0.3) is 0 Å². The first-order valence-electron chi connectivity index (χ1n) is 6.25. The van der Waals surface area contributed by atoms with Crippen molar-refractivity contribution in [1.29, 1.82) is 0 Å². The summed E-state index contributed by atoms with van der Waals surface area (Å²) in [6.45, 7) is 6.82. The van der Waals surface area contributed by atoms with Crippen LogP contribution >= 0.6 is 35.0 Å². The molecule has 1 aromatic carbocycles. The number of thioether (sulfide) groups is 1. The molecule has 0 saturated carbocycles. The number of alkyl halides is 1. The molecule has 1 saturated heterocycles. The van der Waals surface area contributed by atoms with Crippen LogP contribution in [-0.4, -0.2) is 23.6 Å². The van der Waals surface area contributed by atoms with E-state index in [2.05, 4.69) is 36.6 Å². The van der Waals surface area contributed by atoms with E-state index in [4.69, 9.17) is 23.2 Å². The minimum absolute atomic E-state index is 0.377. The number of nitrogens with zero attached hydrogens (tertiary/aromatic N) is 1. The second-order valence-corrected chi connectivity index (χ2v) is 7.76. The molecule has 1 aromatic rings. The summed E-state index contributed by atoms with van der Waals surface area (Å²) in [6, 6.07) is 6.03. The van der Waals surface area contributed by atoms with Crippen LogP contribution in [0.3, 0.4) is 0 Å². The van der Waals surface area contributed by atoms with Crippen molar-refractivity contribution >= 4 is 40.7 Å². The molecule has 0 bridgehead atoms. The highest BCUT2D eigenvalue weighted by molar-refractivity contribution is 8.00. The molecule has 1 aliphatic rings. The van der Waals surface area contributed by atoms with Gasteiger partial charge in [0.05, 0.1) is 0 Å². The molecule has 18 heavy (non-hydrogen) atoms. The molecule has 4 heteroatoms. The maximum atomic E-state index is 6.03. The fraction of sp³-hybridized carbons (Fsp3) is 0.571. The third-order valence-electron chi connectivity index (χ3n) is 3.36. The predicted molar refractivity (Wildman–Crippen MR) is 84.4 cm³/mol. The van der Waals surface area contributed by atoms with Crippen LogP contribution in [0.25, 0.3) is 0 Å². The Morgan fingerprint density at radius 3 is 2.83 bits per heavy atom. The Kier molecular flexibility index (Phi) is 4.74. The van der Waals surface area contributed by atoms with Gasteiger partial charge in [-0.25, -0.2) is 0 Å². The lowest BCUT2D eigenvalue weighted by Gasteiger charge is -2.26. The van der Waals surface area contributed by atoms with Crippen molar-refractivity contribution in [2.75, 3.05) is 23.7 Å². The van der Waals surface area contributed by atoms with Crippen molar-refractivity contribution in [3.8, 4) is 0 Å². The molecular formula is C14H19Cl2NS. The Morgan fingerprint density at radius 2 is 2.11 bits per heavy atom. The minimum atomic E-state index is 0.377. The molecule has 0 amide bonds. The summed E-state index contributed by atoms with van der Waals surface area (Å²) in [4.78, 5) is 2.44. The van der Waals surface area contributed by atoms with Crippen LogP contribution in [0.2, 0.25) is 5.02 Å². The number of hydrogen-bond donors (Lipinski definition) is 0. The minimum Gasteiger partial charge on any atom is -0.370 e. The lowest BCUT2D eigenvalue weighted by molar-refractivity contribution is 0.637. The molecule has 0 atom stereocenters. The van der Waals surface area contributed by atoms with Crippen LogP contribution in [0.4, 0.5) is 5.69 Å². The van der Waals surface area contributed by atoms with Crippen LogP contribution in [-0.2, 0) is 5.88 Å². The number of halogens is 2. The van der Waals surface area contributed by atoms with Crippen molar-refractivity contribution in [3.63, 3.8) is 0 Å². The van der Waals surface area contributed by atoms with Crippen molar-refractivity contribution in [1.82, 2.24) is 0 Å². The molecular weight excluding hydrogens is 285 g/mol. The summed E-state index contributed by atoms with van der Waals surface area (Å²) in [6.07, 6.45) is 1.20. The molecule has 2 rings (SSSR count). The summed E-state index contributed by atoms with van der Waals surface area (Å²) in [5.74, 6) is 1.68. The van der Waals surface area contributed by atoms with Crippen LogP contribution in [0, 0.1) is 0 Å². The lowest BCUT2D eigenvalue weighted by atomic mass is 10.1. The third-order valence-corrected chi connectivity index (χ3v) is 5.26. The molecule has 1 nitrogen and oxygen atoms in total. The van der Waals surface area contributed by atoms with Crippen molar-refractivity contribution in [3.05, 3.63) is 28.8 Å². The van der Waals surface area contributed by atoms with Crippen LogP contribution in [0.15, 0.2) is 18.2 Å². The average Bonchev–Trinajstić information content (AvgIpc) is 2.50. The topological polar surface area (TPSA) is 3.24 Å². The number of anilines is 1. The summed E-state index contributed by atoms with van der Waals surface area (Å²) in [5, 5.41) is 0.763. The first-order chi connectivity index (χ1) is 8.52. The molecule has 0 radical (unpaired) electrons. The lowest BCUT2D eigenvalue weighted by Crippen LogP contribution is -2.27. The van der Waals surface area contributed by atoms with Crippen LogP contribution in [0.1, 0.15) is 25.8 Å². The van der Waals surface area contributed by atoms with Gasteiger partial charge in [0.2, 0.25) is 0 Å².